The number of rotatable bonds is 4. The third-order valence-corrected chi connectivity index (χ3v) is 1.64. The molecule has 10 heavy (non-hydrogen) atoms. The second kappa shape index (κ2) is 4.52. The van der Waals surface area contributed by atoms with Crippen molar-refractivity contribution in [1.29, 1.82) is 0 Å². The van der Waals surface area contributed by atoms with E-state index in [1.165, 1.54) is 0 Å². The minimum Gasteiger partial charge on any atom is -0.480 e. The van der Waals surface area contributed by atoms with Gasteiger partial charge < -0.3 is 10.2 Å². The third-order valence-electron chi connectivity index (χ3n) is 1.16. The number of aliphatic hydroxyl groups excluding tert-OH is 1. The van der Waals surface area contributed by atoms with Crippen molar-refractivity contribution in [2.45, 2.75) is 31.2 Å². The van der Waals surface area contributed by atoms with Crippen molar-refractivity contribution in [1.82, 2.24) is 0 Å². The van der Waals surface area contributed by atoms with E-state index in [2.05, 4.69) is 0 Å². The topological polar surface area (TPSA) is 57.5 Å². The van der Waals surface area contributed by atoms with Gasteiger partial charge in [-0.3, -0.25) is 4.79 Å². The Morgan fingerprint density at radius 3 is 2.50 bits per heavy atom. The monoisotopic (exact) mass is 166 g/mol. The van der Waals surface area contributed by atoms with Gasteiger partial charge in [-0.15, -0.1) is 11.6 Å². The highest BCUT2D eigenvalue weighted by molar-refractivity contribution is 6.30. The molecule has 2 N–H and O–H groups in total. The average Bonchev–Trinajstić information content (AvgIpc) is 1.87. The molecule has 0 saturated carbocycles. The van der Waals surface area contributed by atoms with Crippen LogP contribution < -0.4 is 0 Å². The molecule has 3 nitrogen and oxygen atoms in total. The number of alkyl halides is 1. The van der Waals surface area contributed by atoms with E-state index in [4.69, 9.17) is 21.8 Å². The summed E-state index contributed by atoms with van der Waals surface area (Å²) >= 11 is 5.30. The zero-order valence-electron chi connectivity index (χ0n) is 5.75. The number of carboxylic acid groups (broad SMARTS) is 1. The smallest absolute Gasteiger partial charge is 0.324 e. The molecule has 4 heteroatoms. The first-order valence-electron chi connectivity index (χ1n) is 3.14. The lowest BCUT2D eigenvalue weighted by Gasteiger charge is -2.10. The molecule has 0 radical (unpaired) electrons. The molecule has 0 spiro atoms. The van der Waals surface area contributed by atoms with Crippen molar-refractivity contribution in [3.63, 3.8) is 0 Å². The van der Waals surface area contributed by atoms with Crippen LogP contribution in [0, 0.1) is 0 Å². The number of aliphatic hydroxyl groups is 1. The molecule has 60 valence electrons. The minimum atomic E-state index is -1.17. The molecule has 0 aromatic heterocycles. The van der Waals surface area contributed by atoms with E-state index in [1.807, 2.05) is 6.92 Å². The number of hydrogen-bond donors (Lipinski definition) is 2. The lowest BCUT2D eigenvalue weighted by Crippen LogP contribution is -2.28. The molecule has 0 unspecified atom stereocenters. The van der Waals surface area contributed by atoms with Crippen molar-refractivity contribution in [2.75, 3.05) is 0 Å². The Hall–Kier alpha value is -0.280. The average molecular weight is 167 g/mol. The summed E-state index contributed by atoms with van der Waals surface area (Å²) in [5.41, 5.74) is 0. The summed E-state index contributed by atoms with van der Waals surface area (Å²) in [6, 6.07) is 0. The first-order chi connectivity index (χ1) is 4.59. The highest BCUT2D eigenvalue weighted by Crippen LogP contribution is 2.08. The molecule has 0 rings (SSSR count). The summed E-state index contributed by atoms with van der Waals surface area (Å²) < 4.78 is 0. The van der Waals surface area contributed by atoms with Crippen LogP contribution >= 0.6 is 11.6 Å². The number of carboxylic acids is 1. The summed E-state index contributed by atoms with van der Waals surface area (Å²) in [4.78, 5) is 10.1. The van der Waals surface area contributed by atoms with E-state index in [-0.39, 0.29) is 0 Å². The van der Waals surface area contributed by atoms with Crippen molar-refractivity contribution in [3.05, 3.63) is 0 Å². The van der Waals surface area contributed by atoms with Crippen molar-refractivity contribution in [2.24, 2.45) is 0 Å². The third kappa shape index (κ3) is 3.03. The molecule has 0 amide bonds. The Morgan fingerprint density at radius 2 is 2.20 bits per heavy atom. The van der Waals surface area contributed by atoms with Crippen molar-refractivity contribution in [3.8, 4) is 0 Å². The molecule has 0 aromatic carbocycles. The molecule has 0 aliphatic heterocycles. The molecule has 0 fully saturated rings. The van der Waals surface area contributed by atoms with Crippen LogP contribution in [-0.4, -0.2) is 27.7 Å². The van der Waals surface area contributed by atoms with Crippen LogP contribution in [0.25, 0.3) is 0 Å². The molecule has 0 bridgehead atoms. The fraction of sp³-hybridized carbons (Fsp3) is 0.833. The lowest BCUT2D eigenvalue weighted by atomic mass is 10.1. The number of carbonyl (C=O) groups is 1. The first kappa shape index (κ1) is 9.72. The Bertz CT molecular complexity index is 116. The van der Waals surface area contributed by atoms with Crippen LogP contribution in [-0.2, 0) is 4.79 Å². The second-order valence-electron chi connectivity index (χ2n) is 2.10. The summed E-state index contributed by atoms with van der Waals surface area (Å²) in [6.45, 7) is 1.86. The molecule has 0 aromatic rings. The van der Waals surface area contributed by atoms with Gasteiger partial charge >= 0.3 is 5.97 Å². The number of aliphatic carboxylic acids is 1. The minimum absolute atomic E-state index is 0.431. The molecule has 0 saturated heterocycles. The predicted molar refractivity (Wildman–Crippen MR) is 38.2 cm³/mol. The van der Waals surface area contributed by atoms with Gasteiger partial charge in [-0.05, 0) is 6.42 Å². The second-order valence-corrected chi connectivity index (χ2v) is 2.57. The van der Waals surface area contributed by atoms with Gasteiger partial charge in [-0.25, -0.2) is 0 Å². The highest BCUT2D eigenvalue weighted by atomic mass is 35.5. The van der Waals surface area contributed by atoms with Gasteiger partial charge in [0.1, 0.15) is 0 Å². The van der Waals surface area contributed by atoms with Crippen LogP contribution in [0.5, 0.6) is 0 Å². The van der Waals surface area contributed by atoms with E-state index < -0.39 is 17.5 Å². The molecule has 0 aliphatic rings. The van der Waals surface area contributed by atoms with E-state index >= 15 is 0 Å². The summed E-state index contributed by atoms with van der Waals surface area (Å²) in [5, 5.41) is 16.1. The van der Waals surface area contributed by atoms with Gasteiger partial charge in [-0.2, -0.15) is 0 Å². The quantitative estimate of drug-likeness (QED) is 0.609. The van der Waals surface area contributed by atoms with Gasteiger partial charge in [0, 0.05) is 0 Å². The summed E-state index contributed by atoms with van der Waals surface area (Å²) in [5.74, 6) is -1.16. The number of hydrogen-bond acceptors (Lipinski definition) is 2. The fourth-order valence-corrected chi connectivity index (χ4v) is 0.733. The lowest BCUT2D eigenvalue weighted by molar-refractivity contribution is -0.138. The molecule has 0 aliphatic carbocycles. The molecular weight excluding hydrogens is 156 g/mol. The van der Waals surface area contributed by atoms with Crippen LogP contribution in [0.4, 0.5) is 0 Å². The van der Waals surface area contributed by atoms with Crippen LogP contribution in [0.1, 0.15) is 19.8 Å². The summed E-state index contributed by atoms with van der Waals surface area (Å²) in [6.07, 6.45) is 0.238. The standard InChI is InChI=1S/C6H11ClO3/c1-2-3-4(8)5(7)6(9)10/h4-5,8H,2-3H2,1H3,(H,9,10)/t4-,5+/m1/s1. The molecule has 2 atom stereocenters. The maximum atomic E-state index is 10.1. The van der Waals surface area contributed by atoms with E-state index in [0.29, 0.717) is 6.42 Å². The maximum Gasteiger partial charge on any atom is 0.324 e. The molecular formula is C6H11ClO3. The van der Waals surface area contributed by atoms with Crippen LogP contribution in [0.2, 0.25) is 0 Å². The first-order valence-corrected chi connectivity index (χ1v) is 3.58. The fourth-order valence-electron chi connectivity index (χ4n) is 0.607. The van der Waals surface area contributed by atoms with Crippen LogP contribution in [0.3, 0.4) is 0 Å². The van der Waals surface area contributed by atoms with E-state index in [0.717, 1.165) is 6.42 Å². The highest BCUT2D eigenvalue weighted by Gasteiger charge is 2.22. The normalized spacial score (nSPS) is 16.3. The van der Waals surface area contributed by atoms with Crippen molar-refractivity contribution < 1.29 is 15.0 Å². The van der Waals surface area contributed by atoms with Crippen LogP contribution in [0.15, 0.2) is 0 Å². The Morgan fingerprint density at radius 1 is 1.70 bits per heavy atom. The van der Waals surface area contributed by atoms with Gasteiger partial charge in [-0.1, -0.05) is 13.3 Å². The predicted octanol–water partition coefficient (Wildman–Crippen LogP) is 0.839. The van der Waals surface area contributed by atoms with Gasteiger partial charge in [0.15, 0.2) is 5.38 Å². The Balaban J connectivity index is 3.69. The van der Waals surface area contributed by atoms with Gasteiger partial charge in [0.05, 0.1) is 6.10 Å². The Labute approximate surface area is 64.6 Å². The van der Waals surface area contributed by atoms with Gasteiger partial charge in [0.25, 0.3) is 0 Å². The largest absolute Gasteiger partial charge is 0.480 e. The van der Waals surface area contributed by atoms with E-state index in [9.17, 15) is 4.79 Å². The summed E-state index contributed by atoms with van der Waals surface area (Å²) in [7, 11) is 0. The molecule has 0 heterocycles. The van der Waals surface area contributed by atoms with Gasteiger partial charge in [0.2, 0.25) is 0 Å². The Kier molecular flexibility index (Phi) is 4.40. The van der Waals surface area contributed by atoms with Crippen molar-refractivity contribution >= 4 is 17.6 Å². The van der Waals surface area contributed by atoms with E-state index in [1.54, 1.807) is 0 Å². The number of halogens is 1. The SMILES string of the molecule is CCC[C@@H](O)[C@H](Cl)C(=O)O. The zero-order chi connectivity index (χ0) is 8.15. The zero-order valence-corrected chi connectivity index (χ0v) is 6.51. The maximum absolute atomic E-state index is 10.1.